The van der Waals surface area contributed by atoms with Gasteiger partial charge in [0, 0.05) is 23.9 Å². The number of benzene rings is 1. The third-order valence-electron chi connectivity index (χ3n) is 5.78. The van der Waals surface area contributed by atoms with Gasteiger partial charge in [-0.3, -0.25) is 0 Å². The quantitative estimate of drug-likeness (QED) is 0.461. The highest BCUT2D eigenvalue weighted by molar-refractivity contribution is 5.88. The summed E-state index contributed by atoms with van der Waals surface area (Å²) in [6, 6.07) is 14.7. The fourth-order valence-electron chi connectivity index (χ4n) is 4.39. The predicted molar refractivity (Wildman–Crippen MR) is 126 cm³/mol. The number of rotatable bonds is 5. The van der Waals surface area contributed by atoms with Gasteiger partial charge in [0.2, 0.25) is 0 Å². The van der Waals surface area contributed by atoms with Crippen LogP contribution in [-0.4, -0.2) is 48.4 Å². The summed E-state index contributed by atoms with van der Waals surface area (Å²) in [5.74, 6) is 0.450. The Hall–Kier alpha value is -3.78. The van der Waals surface area contributed by atoms with Crippen LogP contribution in [0.1, 0.15) is 29.8 Å². The molecule has 1 aromatic carbocycles. The van der Waals surface area contributed by atoms with Gasteiger partial charge in [-0.15, -0.1) is 0 Å². The van der Waals surface area contributed by atoms with E-state index in [9.17, 15) is 0 Å². The molecule has 0 aliphatic rings. The number of nitrogen functional groups attached to an aromatic ring is 1. The van der Waals surface area contributed by atoms with Gasteiger partial charge in [-0.05, 0) is 57.8 Å². The molecule has 0 aliphatic heterocycles. The smallest absolute Gasteiger partial charge is 0.164 e. The van der Waals surface area contributed by atoms with Crippen molar-refractivity contribution in [1.82, 2.24) is 34.3 Å². The monoisotopic (exact) mass is 426 g/mol. The molecule has 0 saturated heterocycles. The lowest BCUT2D eigenvalue weighted by atomic mass is 10.0. The van der Waals surface area contributed by atoms with Gasteiger partial charge in [0.1, 0.15) is 12.1 Å². The first kappa shape index (κ1) is 20.1. The average molecular weight is 427 g/mol. The van der Waals surface area contributed by atoms with Gasteiger partial charge in [-0.2, -0.15) is 10.2 Å². The predicted octanol–water partition coefficient (Wildman–Crippen LogP) is 3.70. The molecule has 8 nitrogen and oxygen atoms in total. The second kappa shape index (κ2) is 7.72. The van der Waals surface area contributed by atoms with Crippen LogP contribution in [0, 0.1) is 6.92 Å². The maximum absolute atomic E-state index is 6.13. The van der Waals surface area contributed by atoms with Crippen LogP contribution in [0.25, 0.3) is 27.8 Å². The Morgan fingerprint density at radius 3 is 2.75 bits per heavy atom. The van der Waals surface area contributed by atoms with Crippen molar-refractivity contribution in [2.45, 2.75) is 26.4 Å². The SMILES string of the molecule is Cc1nn(C(C)c2cc3cccnn3c2-c2cccc(CN(C)C)c2)c2ncnc(N)c12. The lowest BCUT2D eigenvalue weighted by molar-refractivity contribution is 0.402. The third-order valence-corrected chi connectivity index (χ3v) is 5.78. The molecule has 162 valence electrons. The minimum absolute atomic E-state index is 0.0882. The molecule has 1 unspecified atom stereocenters. The summed E-state index contributed by atoms with van der Waals surface area (Å²) in [4.78, 5) is 10.8. The van der Waals surface area contributed by atoms with Crippen LogP contribution in [0.3, 0.4) is 0 Å². The van der Waals surface area contributed by atoms with Gasteiger partial charge in [-0.1, -0.05) is 18.2 Å². The number of hydrogen-bond donors (Lipinski definition) is 1. The first-order chi connectivity index (χ1) is 15.4. The van der Waals surface area contributed by atoms with Gasteiger partial charge in [0.15, 0.2) is 5.65 Å². The van der Waals surface area contributed by atoms with Crippen LogP contribution in [0.4, 0.5) is 5.82 Å². The van der Waals surface area contributed by atoms with E-state index >= 15 is 0 Å². The number of anilines is 1. The zero-order chi connectivity index (χ0) is 22.4. The number of nitrogens with zero attached hydrogens (tertiary/aromatic N) is 7. The molecule has 1 atom stereocenters. The van der Waals surface area contributed by atoms with Crippen molar-refractivity contribution in [2.75, 3.05) is 19.8 Å². The maximum Gasteiger partial charge on any atom is 0.164 e. The first-order valence-corrected chi connectivity index (χ1v) is 10.6. The summed E-state index contributed by atoms with van der Waals surface area (Å²) in [5, 5.41) is 10.2. The molecule has 0 spiro atoms. The normalized spacial score (nSPS) is 12.8. The molecule has 32 heavy (non-hydrogen) atoms. The van der Waals surface area contributed by atoms with Crippen molar-refractivity contribution in [3.05, 3.63) is 71.8 Å². The van der Waals surface area contributed by atoms with Crippen LogP contribution in [0.15, 0.2) is 55.0 Å². The van der Waals surface area contributed by atoms with Gasteiger partial charge in [0.05, 0.1) is 28.3 Å². The maximum atomic E-state index is 6.13. The minimum atomic E-state index is -0.0882. The minimum Gasteiger partial charge on any atom is -0.383 e. The first-order valence-electron chi connectivity index (χ1n) is 10.6. The van der Waals surface area contributed by atoms with E-state index in [1.54, 1.807) is 0 Å². The highest BCUT2D eigenvalue weighted by Gasteiger charge is 2.23. The largest absolute Gasteiger partial charge is 0.383 e. The molecular formula is C24H26N8. The molecule has 0 amide bonds. The summed E-state index contributed by atoms with van der Waals surface area (Å²) >= 11 is 0. The molecule has 4 aromatic heterocycles. The van der Waals surface area contributed by atoms with Crippen LogP contribution in [0.5, 0.6) is 0 Å². The Morgan fingerprint density at radius 1 is 1.09 bits per heavy atom. The Labute approximate surface area is 186 Å². The Morgan fingerprint density at radius 2 is 1.94 bits per heavy atom. The molecule has 5 aromatic rings. The second-order valence-electron chi connectivity index (χ2n) is 8.41. The van der Waals surface area contributed by atoms with E-state index < -0.39 is 0 Å². The highest BCUT2D eigenvalue weighted by atomic mass is 15.3. The summed E-state index contributed by atoms with van der Waals surface area (Å²) in [7, 11) is 4.15. The van der Waals surface area contributed by atoms with Crippen molar-refractivity contribution >= 4 is 22.4 Å². The number of nitrogens with two attached hydrogens (primary N) is 1. The molecule has 0 radical (unpaired) electrons. The zero-order valence-corrected chi connectivity index (χ0v) is 18.7. The van der Waals surface area contributed by atoms with Crippen LogP contribution in [-0.2, 0) is 6.54 Å². The van der Waals surface area contributed by atoms with E-state index in [1.165, 1.54) is 11.9 Å². The molecule has 4 heterocycles. The summed E-state index contributed by atoms with van der Waals surface area (Å²) in [6.07, 6.45) is 3.31. The fraction of sp³-hybridized carbons (Fsp3) is 0.250. The van der Waals surface area contributed by atoms with Gasteiger partial charge in [-0.25, -0.2) is 19.2 Å². The van der Waals surface area contributed by atoms with Crippen LogP contribution in [0.2, 0.25) is 0 Å². The molecule has 0 aliphatic carbocycles. The van der Waals surface area contributed by atoms with Gasteiger partial charge >= 0.3 is 0 Å². The molecule has 0 fully saturated rings. The summed E-state index contributed by atoms with van der Waals surface area (Å²) in [6.45, 7) is 4.94. The van der Waals surface area contributed by atoms with Crippen LogP contribution < -0.4 is 5.73 Å². The lowest BCUT2D eigenvalue weighted by Crippen LogP contribution is -2.11. The van der Waals surface area contributed by atoms with E-state index in [2.05, 4.69) is 77.4 Å². The van der Waals surface area contributed by atoms with E-state index in [4.69, 9.17) is 10.8 Å². The third kappa shape index (κ3) is 3.29. The summed E-state index contributed by atoms with van der Waals surface area (Å²) in [5.41, 5.74) is 13.2. The van der Waals surface area contributed by atoms with Crippen molar-refractivity contribution in [1.29, 1.82) is 0 Å². The molecule has 5 rings (SSSR count). The van der Waals surface area contributed by atoms with Crippen molar-refractivity contribution in [2.24, 2.45) is 0 Å². The zero-order valence-electron chi connectivity index (χ0n) is 18.7. The number of aromatic nitrogens is 6. The second-order valence-corrected chi connectivity index (χ2v) is 8.41. The van der Waals surface area contributed by atoms with E-state index in [1.807, 2.05) is 28.4 Å². The topological polar surface area (TPSA) is 90.2 Å². The van der Waals surface area contributed by atoms with Crippen molar-refractivity contribution < 1.29 is 0 Å². The Kier molecular flexibility index (Phi) is 4.86. The molecular weight excluding hydrogens is 400 g/mol. The van der Waals surface area contributed by atoms with E-state index in [-0.39, 0.29) is 6.04 Å². The van der Waals surface area contributed by atoms with Crippen molar-refractivity contribution in [3.63, 3.8) is 0 Å². The highest BCUT2D eigenvalue weighted by Crippen LogP contribution is 2.35. The van der Waals surface area contributed by atoms with Crippen LogP contribution >= 0.6 is 0 Å². The summed E-state index contributed by atoms with van der Waals surface area (Å²) < 4.78 is 3.94. The Balaban J connectivity index is 1.72. The molecule has 8 heteroatoms. The number of aryl methyl sites for hydroxylation is 1. The average Bonchev–Trinajstić information content (AvgIpc) is 3.32. The lowest BCUT2D eigenvalue weighted by Gasteiger charge is -2.16. The fourth-order valence-corrected chi connectivity index (χ4v) is 4.39. The van der Waals surface area contributed by atoms with E-state index in [0.717, 1.165) is 45.6 Å². The number of fused-ring (bicyclic) bond motifs is 2. The molecule has 0 bridgehead atoms. The number of hydrogen-bond acceptors (Lipinski definition) is 6. The van der Waals surface area contributed by atoms with Gasteiger partial charge in [0.25, 0.3) is 0 Å². The molecule has 0 saturated carbocycles. The molecule has 2 N–H and O–H groups in total. The standard InChI is InChI=1S/C24H26N8/c1-15-21-23(25)26-14-27-24(21)31(29-15)16(2)20-12-19-9-6-10-28-32(19)22(20)18-8-5-7-17(11-18)13-30(3)4/h5-12,14,16H,13H2,1-4H3,(H2,25,26,27). The van der Waals surface area contributed by atoms with E-state index in [0.29, 0.717) is 5.82 Å². The van der Waals surface area contributed by atoms with Gasteiger partial charge < -0.3 is 10.6 Å². The Bertz CT molecular complexity index is 1430. The van der Waals surface area contributed by atoms with Crippen molar-refractivity contribution in [3.8, 4) is 11.3 Å².